The molecule has 0 aliphatic heterocycles. The Morgan fingerprint density at radius 3 is 2.20 bits per heavy atom. The van der Waals surface area contributed by atoms with Gasteiger partial charge in [0.25, 0.3) is 0 Å². The number of carbonyl (C=O) groups is 1. The van der Waals surface area contributed by atoms with Gasteiger partial charge in [-0.2, -0.15) is 4.98 Å². The van der Waals surface area contributed by atoms with Crippen molar-refractivity contribution in [3.63, 3.8) is 0 Å². The third-order valence-electron chi connectivity index (χ3n) is 5.28. The van der Waals surface area contributed by atoms with Crippen molar-refractivity contribution in [2.75, 3.05) is 24.9 Å². The fraction of sp³-hybridized carbons (Fsp3) is 0.200. The maximum Gasteiger partial charge on any atom is 0.323 e. The number of urea groups is 1. The molecule has 2 N–H and O–H groups in total. The van der Waals surface area contributed by atoms with Crippen LogP contribution in [0.3, 0.4) is 0 Å². The molecule has 180 valence electrons. The first-order valence-electron chi connectivity index (χ1n) is 10.8. The molecule has 10 heteroatoms. The van der Waals surface area contributed by atoms with Crippen molar-refractivity contribution >= 4 is 17.4 Å². The van der Waals surface area contributed by atoms with Gasteiger partial charge in [-0.1, -0.05) is 0 Å². The first-order chi connectivity index (χ1) is 16.9. The van der Waals surface area contributed by atoms with E-state index in [1.807, 2.05) is 18.4 Å². The van der Waals surface area contributed by atoms with Gasteiger partial charge in [0.1, 0.15) is 23.7 Å². The molecular formula is C25H26N6O4. The van der Waals surface area contributed by atoms with Crippen LogP contribution in [0, 0.1) is 20.8 Å². The number of imidazole rings is 1. The topological polar surface area (TPSA) is 112 Å². The van der Waals surface area contributed by atoms with Gasteiger partial charge in [0.15, 0.2) is 11.5 Å². The number of aromatic nitrogens is 4. The Kier molecular flexibility index (Phi) is 6.81. The van der Waals surface area contributed by atoms with Crippen LogP contribution in [0.5, 0.6) is 23.1 Å². The summed E-state index contributed by atoms with van der Waals surface area (Å²) in [4.78, 5) is 25.6. The van der Waals surface area contributed by atoms with Crippen molar-refractivity contribution in [3.8, 4) is 28.9 Å². The van der Waals surface area contributed by atoms with Crippen molar-refractivity contribution in [3.05, 3.63) is 72.1 Å². The summed E-state index contributed by atoms with van der Waals surface area (Å²) in [5.74, 6) is 3.33. The van der Waals surface area contributed by atoms with Crippen LogP contribution in [0.2, 0.25) is 0 Å². The third kappa shape index (κ3) is 5.49. The molecule has 2 amide bonds. The maximum absolute atomic E-state index is 12.4. The molecule has 4 rings (SSSR count). The average molecular weight is 475 g/mol. The highest BCUT2D eigenvalue weighted by molar-refractivity contribution is 5.99. The summed E-state index contributed by atoms with van der Waals surface area (Å²) in [5.41, 5.74) is 3.09. The lowest BCUT2D eigenvalue weighted by atomic mass is 10.2. The van der Waals surface area contributed by atoms with E-state index in [9.17, 15) is 4.79 Å². The van der Waals surface area contributed by atoms with Crippen LogP contribution in [0.1, 0.15) is 17.2 Å². The van der Waals surface area contributed by atoms with Gasteiger partial charge in [-0.3, -0.25) is 4.57 Å². The maximum atomic E-state index is 12.4. The number of rotatable bonds is 7. The summed E-state index contributed by atoms with van der Waals surface area (Å²) in [6.07, 6.45) is 1.73. The minimum Gasteiger partial charge on any atom is -0.493 e. The van der Waals surface area contributed by atoms with E-state index in [1.165, 1.54) is 7.11 Å². The molecule has 2 heterocycles. The molecule has 2 aromatic carbocycles. The average Bonchev–Trinajstić information content (AvgIpc) is 3.18. The van der Waals surface area contributed by atoms with Crippen molar-refractivity contribution in [1.82, 2.24) is 19.5 Å². The molecule has 0 aliphatic rings. The molecule has 0 saturated heterocycles. The second-order valence-corrected chi connectivity index (χ2v) is 7.67. The monoisotopic (exact) mass is 474 g/mol. The second-order valence-electron chi connectivity index (χ2n) is 7.67. The van der Waals surface area contributed by atoms with Crippen molar-refractivity contribution in [1.29, 1.82) is 0 Å². The number of methoxy groups -OCH3 is 2. The molecule has 4 aromatic rings. The summed E-state index contributed by atoms with van der Waals surface area (Å²) in [7, 11) is 3.09. The normalized spacial score (nSPS) is 10.5. The number of hydrogen-bond acceptors (Lipinski definition) is 7. The zero-order valence-electron chi connectivity index (χ0n) is 20.1. The number of anilines is 2. The first-order valence-corrected chi connectivity index (χ1v) is 10.8. The van der Waals surface area contributed by atoms with Gasteiger partial charge in [-0.05, 0) is 57.2 Å². The minimum absolute atomic E-state index is 0.395. The Balaban J connectivity index is 1.41. The Hall–Kier alpha value is -4.60. The fourth-order valence-corrected chi connectivity index (χ4v) is 3.37. The largest absolute Gasteiger partial charge is 0.493 e. The van der Waals surface area contributed by atoms with Crippen molar-refractivity contribution in [2.45, 2.75) is 20.8 Å². The van der Waals surface area contributed by atoms with Crippen molar-refractivity contribution in [2.24, 2.45) is 0 Å². The highest BCUT2D eigenvalue weighted by atomic mass is 16.5. The Labute approximate surface area is 202 Å². The van der Waals surface area contributed by atoms with E-state index in [4.69, 9.17) is 14.2 Å². The molecule has 35 heavy (non-hydrogen) atoms. The van der Waals surface area contributed by atoms with Crippen LogP contribution in [0.25, 0.3) is 5.82 Å². The number of nitrogens with zero attached hydrogens (tertiary/aromatic N) is 4. The van der Waals surface area contributed by atoms with E-state index >= 15 is 0 Å². The predicted octanol–water partition coefficient (Wildman–Crippen LogP) is 5.04. The number of nitrogens with one attached hydrogen (secondary N) is 2. The molecule has 0 unspecified atom stereocenters. The Morgan fingerprint density at radius 1 is 0.857 bits per heavy atom. The number of ether oxygens (including phenoxy) is 3. The van der Waals surface area contributed by atoms with Gasteiger partial charge in [-0.25, -0.2) is 14.8 Å². The Bertz CT molecular complexity index is 1350. The number of carbonyl (C=O) groups excluding carboxylic acids is 1. The van der Waals surface area contributed by atoms with Gasteiger partial charge in [0, 0.05) is 29.2 Å². The zero-order chi connectivity index (χ0) is 24.9. The van der Waals surface area contributed by atoms with Crippen LogP contribution in [-0.4, -0.2) is 39.8 Å². The lowest BCUT2D eigenvalue weighted by Crippen LogP contribution is -2.19. The quantitative estimate of drug-likeness (QED) is 0.386. The van der Waals surface area contributed by atoms with Gasteiger partial charge in [-0.15, -0.1) is 0 Å². The molecule has 0 spiro atoms. The molecular weight excluding hydrogens is 448 g/mol. The molecule has 0 atom stereocenters. The van der Waals surface area contributed by atoms with Crippen LogP contribution in [-0.2, 0) is 0 Å². The van der Waals surface area contributed by atoms with Crippen LogP contribution >= 0.6 is 0 Å². The molecule has 10 nitrogen and oxygen atoms in total. The second kappa shape index (κ2) is 10.1. The molecule has 0 aliphatic carbocycles. The summed E-state index contributed by atoms with van der Waals surface area (Å²) in [5, 5.41) is 5.55. The van der Waals surface area contributed by atoms with Crippen molar-refractivity contribution < 1.29 is 19.0 Å². The minimum atomic E-state index is -0.395. The van der Waals surface area contributed by atoms with Gasteiger partial charge in [0.05, 0.1) is 19.9 Å². The van der Waals surface area contributed by atoms with E-state index in [0.717, 1.165) is 11.4 Å². The molecule has 0 saturated carbocycles. The molecule has 0 bridgehead atoms. The lowest BCUT2D eigenvalue weighted by molar-refractivity contribution is 0.262. The highest BCUT2D eigenvalue weighted by Gasteiger charge is 2.11. The van der Waals surface area contributed by atoms with E-state index < -0.39 is 6.03 Å². The SMILES string of the molecule is COc1ccc(NC(=O)Nc2ccc(Oc3cc(-n4cnc(C)c4C)nc(C)n3)cc2)cc1OC. The molecule has 0 radical (unpaired) electrons. The van der Waals surface area contributed by atoms with E-state index in [2.05, 4.69) is 25.6 Å². The highest BCUT2D eigenvalue weighted by Crippen LogP contribution is 2.30. The number of amides is 2. The molecule has 2 aromatic heterocycles. The smallest absolute Gasteiger partial charge is 0.323 e. The predicted molar refractivity (Wildman–Crippen MR) is 132 cm³/mol. The number of hydrogen-bond donors (Lipinski definition) is 2. The summed E-state index contributed by atoms with van der Waals surface area (Å²) < 4.78 is 18.3. The van der Waals surface area contributed by atoms with E-state index in [1.54, 1.807) is 68.9 Å². The molecule has 0 fully saturated rings. The number of aryl methyl sites for hydroxylation is 2. The fourth-order valence-electron chi connectivity index (χ4n) is 3.37. The lowest BCUT2D eigenvalue weighted by Gasteiger charge is -2.12. The standard InChI is InChI=1S/C25H26N6O4/c1-15-16(2)31(14-26-15)23-13-24(28-17(3)27-23)35-20-9-6-18(7-10-20)29-25(32)30-19-8-11-21(33-4)22(12-19)34-5/h6-14H,1-5H3,(H2,29,30,32). The van der Waals surface area contributed by atoms with E-state index in [0.29, 0.717) is 46.1 Å². The van der Waals surface area contributed by atoms with Crippen LogP contribution in [0.4, 0.5) is 16.2 Å². The Morgan fingerprint density at radius 2 is 1.54 bits per heavy atom. The first kappa shape index (κ1) is 23.6. The summed E-state index contributed by atoms with van der Waals surface area (Å²) in [6.45, 7) is 5.73. The van der Waals surface area contributed by atoms with Gasteiger partial charge < -0.3 is 24.8 Å². The summed E-state index contributed by atoms with van der Waals surface area (Å²) >= 11 is 0. The van der Waals surface area contributed by atoms with E-state index in [-0.39, 0.29) is 0 Å². The van der Waals surface area contributed by atoms with Crippen LogP contribution in [0.15, 0.2) is 54.9 Å². The summed E-state index contributed by atoms with van der Waals surface area (Å²) in [6, 6.07) is 13.4. The van der Waals surface area contributed by atoms with Crippen LogP contribution < -0.4 is 24.8 Å². The number of benzene rings is 2. The van der Waals surface area contributed by atoms with Gasteiger partial charge in [0.2, 0.25) is 5.88 Å². The third-order valence-corrected chi connectivity index (χ3v) is 5.28. The van der Waals surface area contributed by atoms with Gasteiger partial charge >= 0.3 is 6.03 Å². The zero-order valence-corrected chi connectivity index (χ0v) is 20.1.